The van der Waals surface area contributed by atoms with E-state index in [-0.39, 0.29) is 34.5 Å². The molecular formula is C18H24ClN3O4S. The van der Waals surface area contributed by atoms with E-state index in [4.69, 9.17) is 4.74 Å². The molecule has 9 heteroatoms. The van der Waals surface area contributed by atoms with Gasteiger partial charge in [-0.3, -0.25) is 9.52 Å². The summed E-state index contributed by atoms with van der Waals surface area (Å²) in [7, 11) is -0.474. The maximum atomic E-state index is 12.6. The number of sulfonamides is 1. The molecule has 1 amide bonds. The van der Waals surface area contributed by atoms with Gasteiger partial charge in [0, 0.05) is 6.54 Å². The van der Waals surface area contributed by atoms with Gasteiger partial charge in [-0.15, -0.1) is 12.4 Å². The van der Waals surface area contributed by atoms with E-state index in [9.17, 15) is 13.2 Å². The number of hydrogen-bond acceptors (Lipinski definition) is 5. The molecule has 0 radical (unpaired) electrons. The molecule has 0 saturated carbocycles. The first-order chi connectivity index (χ1) is 12.5. The number of hydrogen-bond donors (Lipinski definition) is 3. The van der Waals surface area contributed by atoms with Gasteiger partial charge in [-0.1, -0.05) is 12.1 Å². The van der Waals surface area contributed by atoms with Crippen molar-refractivity contribution in [3.05, 3.63) is 54.1 Å². The Morgan fingerprint density at radius 2 is 1.70 bits per heavy atom. The highest BCUT2D eigenvalue weighted by molar-refractivity contribution is 7.92. The first-order valence-corrected chi connectivity index (χ1v) is 9.65. The van der Waals surface area contributed by atoms with Crippen molar-refractivity contribution >= 4 is 34.0 Å². The standard InChI is InChI=1S/C18H23N3O4S.ClH/c1-19-12-5-13-20-18(22)16-6-3-4-7-17(16)21-26(23,24)15-10-8-14(25-2)9-11-15;/h3-4,6-11,19,21H,5,12-13H2,1-2H3,(H,20,22);1H. The molecule has 0 unspecified atom stereocenters. The zero-order chi connectivity index (χ0) is 19.0. The van der Waals surface area contributed by atoms with Crippen LogP contribution in [-0.4, -0.2) is 41.6 Å². The molecule has 0 aliphatic heterocycles. The molecule has 3 N–H and O–H groups in total. The monoisotopic (exact) mass is 413 g/mol. The summed E-state index contributed by atoms with van der Waals surface area (Å²) in [6.07, 6.45) is 0.780. The summed E-state index contributed by atoms with van der Waals surface area (Å²) in [4.78, 5) is 12.4. The Balaban J connectivity index is 0.00000364. The summed E-state index contributed by atoms with van der Waals surface area (Å²) in [5, 5.41) is 5.78. The third-order valence-corrected chi connectivity index (χ3v) is 5.06. The molecule has 0 fully saturated rings. The summed E-state index contributed by atoms with van der Waals surface area (Å²) in [6, 6.07) is 12.5. The van der Waals surface area contributed by atoms with Crippen LogP contribution in [0.3, 0.4) is 0 Å². The Bertz CT molecular complexity index is 842. The van der Waals surface area contributed by atoms with Gasteiger partial charge in [0.2, 0.25) is 0 Å². The van der Waals surface area contributed by atoms with Crippen LogP contribution in [0.1, 0.15) is 16.8 Å². The van der Waals surface area contributed by atoms with Crippen molar-refractivity contribution in [1.29, 1.82) is 0 Å². The van der Waals surface area contributed by atoms with Gasteiger partial charge in [0.05, 0.1) is 23.3 Å². The second kappa shape index (κ2) is 10.8. The fourth-order valence-corrected chi connectivity index (χ4v) is 3.37. The highest BCUT2D eigenvalue weighted by atomic mass is 35.5. The van der Waals surface area contributed by atoms with E-state index in [2.05, 4.69) is 15.4 Å². The summed E-state index contributed by atoms with van der Waals surface area (Å²) >= 11 is 0. The van der Waals surface area contributed by atoms with E-state index < -0.39 is 10.0 Å². The van der Waals surface area contributed by atoms with Crippen molar-refractivity contribution in [2.24, 2.45) is 0 Å². The molecule has 7 nitrogen and oxygen atoms in total. The van der Waals surface area contributed by atoms with E-state index >= 15 is 0 Å². The minimum absolute atomic E-state index is 0. The molecular weight excluding hydrogens is 390 g/mol. The van der Waals surface area contributed by atoms with Crippen molar-refractivity contribution in [1.82, 2.24) is 10.6 Å². The number of halogens is 1. The van der Waals surface area contributed by atoms with E-state index in [0.717, 1.165) is 13.0 Å². The van der Waals surface area contributed by atoms with Gasteiger partial charge in [-0.05, 0) is 56.4 Å². The molecule has 0 spiro atoms. The number of para-hydroxylation sites is 1. The predicted octanol–water partition coefficient (Wildman–Crippen LogP) is 2.26. The van der Waals surface area contributed by atoms with Crippen molar-refractivity contribution < 1.29 is 17.9 Å². The van der Waals surface area contributed by atoms with Crippen LogP contribution >= 0.6 is 12.4 Å². The largest absolute Gasteiger partial charge is 0.497 e. The molecule has 2 aromatic rings. The van der Waals surface area contributed by atoms with Crippen molar-refractivity contribution in [2.75, 3.05) is 32.0 Å². The molecule has 0 heterocycles. The topological polar surface area (TPSA) is 96.5 Å². The predicted molar refractivity (Wildman–Crippen MR) is 108 cm³/mol. The van der Waals surface area contributed by atoms with Gasteiger partial charge in [-0.2, -0.15) is 0 Å². The van der Waals surface area contributed by atoms with Gasteiger partial charge in [-0.25, -0.2) is 8.42 Å². The minimum atomic E-state index is -3.82. The van der Waals surface area contributed by atoms with Crippen LogP contribution in [0.4, 0.5) is 5.69 Å². The van der Waals surface area contributed by atoms with Crippen LogP contribution in [0.25, 0.3) is 0 Å². The number of benzene rings is 2. The smallest absolute Gasteiger partial charge is 0.261 e. The molecule has 0 aromatic heterocycles. The normalized spacial score (nSPS) is 10.6. The van der Waals surface area contributed by atoms with Crippen molar-refractivity contribution in [3.8, 4) is 5.75 Å². The molecule has 0 aliphatic carbocycles. The SMILES string of the molecule is CNCCCNC(=O)c1ccccc1NS(=O)(=O)c1ccc(OC)cc1.Cl. The van der Waals surface area contributed by atoms with Crippen LogP contribution in [0.2, 0.25) is 0 Å². The molecule has 0 saturated heterocycles. The lowest BCUT2D eigenvalue weighted by Gasteiger charge is -2.13. The maximum absolute atomic E-state index is 12.6. The molecule has 148 valence electrons. The first-order valence-electron chi connectivity index (χ1n) is 8.16. The zero-order valence-electron chi connectivity index (χ0n) is 15.2. The summed E-state index contributed by atoms with van der Waals surface area (Å²) in [6.45, 7) is 1.28. The van der Waals surface area contributed by atoms with E-state index in [1.807, 2.05) is 7.05 Å². The molecule has 27 heavy (non-hydrogen) atoms. The van der Waals surface area contributed by atoms with Crippen LogP contribution < -0.4 is 20.1 Å². The number of methoxy groups -OCH3 is 1. The van der Waals surface area contributed by atoms with Crippen LogP contribution in [0, 0.1) is 0 Å². The Morgan fingerprint density at radius 1 is 1.04 bits per heavy atom. The lowest BCUT2D eigenvalue weighted by Crippen LogP contribution is -2.27. The molecule has 0 bridgehead atoms. The summed E-state index contributed by atoms with van der Waals surface area (Å²) in [5.74, 6) is 0.236. The highest BCUT2D eigenvalue weighted by Crippen LogP contribution is 2.21. The quantitative estimate of drug-likeness (QED) is 0.548. The third-order valence-electron chi connectivity index (χ3n) is 3.67. The number of nitrogens with one attached hydrogen (secondary N) is 3. The van der Waals surface area contributed by atoms with Gasteiger partial charge in [0.25, 0.3) is 15.9 Å². The number of anilines is 1. The average Bonchev–Trinajstić information content (AvgIpc) is 2.65. The van der Waals surface area contributed by atoms with Gasteiger partial charge < -0.3 is 15.4 Å². The van der Waals surface area contributed by atoms with Crippen LogP contribution in [0.5, 0.6) is 5.75 Å². The van der Waals surface area contributed by atoms with Gasteiger partial charge >= 0.3 is 0 Å². The maximum Gasteiger partial charge on any atom is 0.261 e. The molecule has 0 atom stereocenters. The first kappa shape index (κ1) is 22.8. The Kier molecular flexibility index (Phi) is 9.07. The lowest BCUT2D eigenvalue weighted by molar-refractivity contribution is 0.0954. The summed E-state index contributed by atoms with van der Waals surface area (Å²) in [5.41, 5.74) is 0.503. The zero-order valence-corrected chi connectivity index (χ0v) is 16.8. The second-order valence-electron chi connectivity index (χ2n) is 5.54. The van der Waals surface area contributed by atoms with Crippen molar-refractivity contribution in [3.63, 3.8) is 0 Å². The Hall–Kier alpha value is -2.29. The minimum Gasteiger partial charge on any atom is -0.497 e. The Labute approximate surface area is 166 Å². The van der Waals surface area contributed by atoms with Gasteiger partial charge in [0.1, 0.15) is 5.75 Å². The fraction of sp³-hybridized carbons (Fsp3) is 0.278. The van der Waals surface area contributed by atoms with E-state index in [0.29, 0.717) is 12.3 Å². The molecule has 2 aromatic carbocycles. The second-order valence-corrected chi connectivity index (χ2v) is 7.22. The molecule has 2 rings (SSSR count). The van der Waals surface area contributed by atoms with Gasteiger partial charge in [0.15, 0.2) is 0 Å². The van der Waals surface area contributed by atoms with Crippen LogP contribution in [0.15, 0.2) is 53.4 Å². The number of carbonyl (C=O) groups is 1. The lowest BCUT2D eigenvalue weighted by atomic mass is 10.1. The number of amides is 1. The fourth-order valence-electron chi connectivity index (χ4n) is 2.29. The third kappa shape index (κ3) is 6.42. The Morgan fingerprint density at radius 3 is 2.33 bits per heavy atom. The average molecular weight is 414 g/mol. The number of carbonyl (C=O) groups excluding carboxylic acids is 1. The van der Waals surface area contributed by atoms with E-state index in [1.165, 1.54) is 19.2 Å². The van der Waals surface area contributed by atoms with Crippen molar-refractivity contribution in [2.45, 2.75) is 11.3 Å². The number of ether oxygens (including phenoxy) is 1. The van der Waals surface area contributed by atoms with Crippen LogP contribution in [-0.2, 0) is 10.0 Å². The summed E-state index contributed by atoms with van der Waals surface area (Å²) < 4.78 is 32.7. The highest BCUT2D eigenvalue weighted by Gasteiger charge is 2.18. The number of rotatable bonds is 9. The van der Waals surface area contributed by atoms with E-state index in [1.54, 1.807) is 36.4 Å². The molecule has 0 aliphatic rings.